The van der Waals surface area contributed by atoms with Gasteiger partial charge in [-0.1, -0.05) is 12.1 Å². The van der Waals surface area contributed by atoms with Crippen LogP contribution in [0.4, 0.5) is 10.1 Å². The number of para-hydroxylation sites is 1. The molecule has 29 heavy (non-hydrogen) atoms. The third kappa shape index (κ3) is 3.62. The van der Waals surface area contributed by atoms with Crippen LogP contribution in [0, 0.1) is 5.82 Å². The smallest absolute Gasteiger partial charge is 0.264 e. The Labute approximate surface area is 167 Å². The lowest BCUT2D eigenvalue weighted by Crippen LogP contribution is -2.49. The predicted molar refractivity (Wildman–Crippen MR) is 105 cm³/mol. The second-order valence-electron chi connectivity index (χ2n) is 7.56. The minimum atomic E-state index is -0.227. The fraction of sp³-hybridized carbons (Fsp3) is 0.381. The molecule has 0 unspecified atom stereocenters. The maximum atomic E-state index is 14.0. The third-order valence-electron chi connectivity index (χ3n) is 5.55. The standard InChI is InChI=1S/C21H22FN5O2/c22-16-4-1-2-5-17(16)25-10-12-26(13-11-25)19(28)14-27-9-3-6-18(27)21-24-23-20(29-21)15-7-8-15/h1-6,9,15H,7-8,10-14H2. The summed E-state index contributed by atoms with van der Waals surface area (Å²) in [7, 11) is 0. The van der Waals surface area contributed by atoms with Gasteiger partial charge in [0.2, 0.25) is 11.8 Å². The third-order valence-corrected chi connectivity index (χ3v) is 5.55. The highest BCUT2D eigenvalue weighted by atomic mass is 19.1. The van der Waals surface area contributed by atoms with E-state index in [1.807, 2.05) is 38.8 Å². The molecule has 1 saturated carbocycles. The van der Waals surface area contributed by atoms with Crippen molar-refractivity contribution < 1.29 is 13.6 Å². The predicted octanol–water partition coefficient (Wildman–Crippen LogP) is 2.90. The van der Waals surface area contributed by atoms with Crippen LogP contribution in [0.2, 0.25) is 0 Å². The lowest BCUT2D eigenvalue weighted by Gasteiger charge is -2.36. The molecule has 0 radical (unpaired) electrons. The first-order chi connectivity index (χ1) is 14.2. The van der Waals surface area contributed by atoms with E-state index in [1.165, 1.54) is 6.07 Å². The topological polar surface area (TPSA) is 67.4 Å². The molecule has 1 aliphatic carbocycles. The van der Waals surface area contributed by atoms with Crippen molar-refractivity contribution in [3.63, 3.8) is 0 Å². The average molecular weight is 395 g/mol. The number of nitrogens with zero attached hydrogens (tertiary/aromatic N) is 5. The van der Waals surface area contributed by atoms with Gasteiger partial charge >= 0.3 is 0 Å². The molecule has 5 rings (SSSR count). The van der Waals surface area contributed by atoms with Gasteiger partial charge in [-0.15, -0.1) is 10.2 Å². The Kier molecular flexibility index (Phi) is 4.54. The van der Waals surface area contributed by atoms with E-state index in [2.05, 4.69) is 10.2 Å². The van der Waals surface area contributed by atoms with E-state index < -0.39 is 0 Å². The maximum Gasteiger partial charge on any atom is 0.264 e. The van der Waals surface area contributed by atoms with Crippen LogP contribution in [0.1, 0.15) is 24.7 Å². The SMILES string of the molecule is O=C(Cn1cccc1-c1nnc(C2CC2)o1)N1CCN(c2ccccc2F)CC1. The van der Waals surface area contributed by atoms with Crippen LogP contribution in [0.15, 0.2) is 47.0 Å². The Bertz CT molecular complexity index is 1020. The van der Waals surface area contributed by atoms with Gasteiger partial charge in [0.25, 0.3) is 5.89 Å². The second kappa shape index (κ2) is 7.35. The fourth-order valence-corrected chi connectivity index (χ4v) is 3.73. The van der Waals surface area contributed by atoms with Crippen molar-refractivity contribution in [1.82, 2.24) is 19.7 Å². The van der Waals surface area contributed by atoms with Crippen LogP contribution in [0.25, 0.3) is 11.6 Å². The van der Waals surface area contributed by atoms with Gasteiger partial charge in [-0.25, -0.2) is 4.39 Å². The molecule has 2 aromatic heterocycles. The number of hydrogen-bond donors (Lipinski definition) is 0. The fourth-order valence-electron chi connectivity index (χ4n) is 3.73. The number of halogens is 1. The number of amides is 1. The lowest BCUT2D eigenvalue weighted by atomic mass is 10.2. The maximum absolute atomic E-state index is 14.0. The van der Waals surface area contributed by atoms with Crippen molar-refractivity contribution in [1.29, 1.82) is 0 Å². The summed E-state index contributed by atoms with van der Waals surface area (Å²) in [5, 5.41) is 8.27. The van der Waals surface area contributed by atoms with Gasteiger partial charge in [0.05, 0.1) is 5.69 Å². The van der Waals surface area contributed by atoms with E-state index in [0.717, 1.165) is 18.5 Å². The Hall–Kier alpha value is -3.16. The van der Waals surface area contributed by atoms with E-state index >= 15 is 0 Å². The molecule has 3 aromatic rings. The van der Waals surface area contributed by atoms with Crippen LogP contribution < -0.4 is 4.90 Å². The van der Waals surface area contributed by atoms with E-state index in [-0.39, 0.29) is 18.3 Å². The molecular weight excluding hydrogens is 373 g/mol. The number of hydrogen-bond acceptors (Lipinski definition) is 5. The van der Waals surface area contributed by atoms with Crippen LogP contribution in [0.3, 0.4) is 0 Å². The first-order valence-electron chi connectivity index (χ1n) is 9.95. The minimum absolute atomic E-state index is 0.0255. The Morgan fingerprint density at radius 2 is 1.86 bits per heavy atom. The van der Waals surface area contributed by atoms with Crippen LogP contribution in [0.5, 0.6) is 0 Å². The molecule has 0 atom stereocenters. The van der Waals surface area contributed by atoms with E-state index in [0.29, 0.717) is 49.6 Å². The lowest BCUT2D eigenvalue weighted by molar-refractivity contribution is -0.132. The summed E-state index contributed by atoms with van der Waals surface area (Å²) in [6.45, 7) is 2.56. The van der Waals surface area contributed by atoms with E-state index in [4.69, 9.17) is 4.42 Å². The normalized spacial score (nSPS) is 17.0. The van der Waals surface area contributed by atoms with Crippen LogP contribution >= 0.6 is 0 Å². The molecule has 2 fully saturated rings. The Morgan fingerprint density at radius 1 is 1.07 bits per heavy atom. The summed E-state index contributed by atoms with van der Waals surface area (Å²) in [6.07, 6.45) is 4.05. The van der Waals surface area contributed by atoms with Crippen LogP contribution in [-0.2, 0) is 11.3 Å². The molecular formula is C21H22FN5O2. The number of carbonyl (C=O) groups excluding carboxylic acids is 1. The molecule has 8 heteroatoms. The zero-order chi connectivity index (χ0) is 19.8. The summed E-state index contributed by atoms with van der Waals surface area (Å²) in [6, 6.07) is 10.5. The number of piperazine rings is 1. The first kappa shape index (κ1) is 17.9. The van der Waals surface area contributed by atoms with Gasteiger partial charge in [0, 0.05) is 38.3 Å². The summed E-state index contributed by atoms with van der Waals surface area (Å²) >= 11 is 0. The van der Waals surface area contributed by atoms with Crippen molar-refractivity contribution in [3.05, 3.63) is 54.3 Å². The van der Waals surface area contributed by atoms with Gasteiger partial charge in [0.15, 0.2) is 0 Å². The molecule has 2 aliphatic rings. The highest BCUT2D eigenvalue weighted by Crippen LogP contribution is 2.39. The van der Waals surface area contributed by atoms with Crippen molar-refractivity contribution in [2.24, 2.45) is 0 Å². The number of rotatable bonds is 5. The van der Waals surface area contributed by atoms with Crippen LogP contribution in [-0.4, -0.2) is 51.8 Å². The Balaban J connectivity index is 1.23. The van der Waals surface area contributed by atoms with Crippen molar-refractivity contribution in [3.8, 4) is 11.6 Å². The average Bonchev–Trinajstić information content (AvgIpc) is 3.29. The van der Waals surface area contributed by atoms with Crippen molar-refractivity contribution in [2.45, 2.75) is 25.3 Å². The second-order valence-corrected chi connectivity index (χ2v) is 7.56. The largest absolute Gasteiger partial charge is 0.419 e. The van der Waals surface area contributed by atoms with Gasteiger partial charge in [-0.3, -0.25) is 4.79 Å². The van der Waals surface area contributed by atoms with Crippen molar-refractivity contribution >= 4 is 11.6 Å². The molecule has 0 bridgehead atoms. The van der Waals surface area contributed by atoms with Gasteiger partial charge in [-0.05, 0) is 37.1 Å². The Morgan fingerprint density at radius 3 is 2.62 bits per heavy atom. The monoisotopic (exact) mass is 395 g/mol. The number of benzene rings is 1. The zero-order valence-corrected chi connectivity index (χ0v) is 16.0. The molecule has 0 N–H and O–H groups in total. The summed E-state index contributed by atoms with van der Waals surface area (Å²) in [5.74, 6) is 1.33. The molecule has 1 aromatic carbocycles. The number of aromatic nitrogens is 3. The molecule has 3 heterocycles. The summed E-state index contributed by atoms with van der Waals surface area (Å²) in [4.78, 5) is 16.6. The summed E-state index contributed by atoms with van der Waals surface area (Å²) in [5.41, 5.74) is 1.35. The molecule has 1 aliphatic heterocycles. The minimum Gasteiger partial charge on any atom is -0.419 e. The zero-order valence-electron chi connectivity index (χ0n) is 16.0. The van der Waals surface area contributed by atoms with E-state index in [1.54, 1.807) is 12.1 Å². The number of anilines is 1. The van der Waals surface area contributed by atoms with Gasteiger partial charge in [0.1, 0.15) is 18.1 Å². The molecule has 1 amide bonds. The highest BCUT2D eigenvalue weighted by molar-refractivity contribution is 5.77. The molecule has 7 nitrogen and oxygen atoms in total. The van der Waals surface area contributed by atoms with Gasteiger partial charge < -0.3 is 18.8 Å². The molecule has 150 valence electrons. The van der Waals surface area contributed by atoms with Gasteiger partial charge in [-0.2, -0.15) is 0 Å². The quantitative estimate of drug-likeness (QED) is 0.665. The molecule has 1 saturated heterocycles. The number of carbonyl (C=O) groups is 1. The van der Waals surface area contributed by atoms with Crippen molar-refractivity contribution in [2.75, 3.05) is 31.1 Å². The highest BCUT2D eigenvalue weighted by Gasteiger charge is 2.30. The molecule has 0 spiro atoms. The first-order valence-corrected chi connectivity index (χ1v) is 9.95. The van der Waals surface area contributed by atoms with E-state index in [9.17, 15) is 9.18 Å². The summed E-state index contributed by atoms with van der Waals surface area (Å²) < 4.78 is 21.6.